The molecule has 2 saturated heterocycles. The van der Waals surface area contributed by atoms with E-state index < -0.39 is 0 Å². The van der Waals surface area contributed by atoms with Crippen molar-refractivity contribution in [3.63, 3.8) is 0 Å². The van der Waals surface area contributed by atoms with E-state index in [1.165, 1.54) is 18.5 Å². The fourth-order valence-corrected chi connectivity index (χ4v) is 4.85. The van der Waals surface area contributed by atoms with Gasteiger partial charge in [0.1, 0.15) is 6.67 Å². The van der Waals surface area contributed by atoms with Crippen LogP contribution in [0.25, 0.3) is 5.65 Å². The van der Waals surface area contributed by atoms with Crippen molar-refractivity contribution < 1.29 is 9.13 Å². The maximum Gasteiger partial charge on any atom is 0.160 e. The number of halogens is 1. The smallest absolute Gasteiger partial charge is 0.160 e. The SMILES string of the molecule is CC.Cc1cnc2c(N3CCC4(CC3)COC4)cc(SNC3(CF)CC3)cn12. The van der Waals surface area contributed by atoms with Crippen LogP contribution in [0.5, 0.6) is 0 Å². The quantitative estimate of drug-likeness (QED) is 0.746. The average molecular weight is 407 g/mol. The predicted molar refractivity (Wildman–Crippen MR) is 113 cm³/mol. The Labute approximate surface area is 171 Å². The Kier molecular flexibility index (Phi) is 5.60. The van der Waals surface area contributed by atoms with Gasteiger partial charge in [0.15, 0.2) is 5.65 Å². The third-order valence-corrected chi connectivity index (χ3v) is 7.22. The molecule has 1 aliphatic carbocycles. The Morgan fingerprint density at radius 3 is 2.50 bits per heavy atom. The number of rotatable bonds is 5. The van der Waals surface area contributed by atoms with Gasteiger partial charge in [0.25, 0.3) is 0 Å². The maximum atomic E-state index is 13.2. The van der Waals surface area contributed by atoms with Crippen molar-refractivity contribution in [2.24, 2.45) is 5.41 Å². The van der Waals surface area contributed by atoms with Crippen molar-refractivity contribution in [2.75, 3.05) is 37.9 Å². The lowest BCUT2D eigenvalue weighted by molar-refractivity contribution is -0.124. The molecule has 1 spiro atoms. The number of piperidine rings is 1. The first-order chi connectivity index (χ1) is 13.6. The zero-order chi connectivity index (χ0) is 19.8. The van der Waals surface area contributed by atoms with Gasteiger partial charge in [0, 0.05) is 41.5 Å². The molecule has 1 N–H and O–H groups in total. The fourth-order valence-electron chi connectivity index (χ4n) is 3.93. The molecule has 5 rings (SSSR count). The number of alkyl halides is 1. The Bertz CT molecular complexity index is 821. The molecule has 3 fully saturated rings. The number of aromatic nitrogens is 2. The first-order valence-corrected chi connectivity index (χ1v) is 11.2. The molecule has 7 heteroatoms. The largest absolute Gasteiger partial charge is 0.380 e. The number of ether oxygens (including phenoxy) is 1. The van der Waals surface area contributed by atoms with E-state index in [0.29, 0.717) is 5.41 Å². The first-order valence-electron chi connectivity index (χ1n) is 10.4. The van der Waals surface area contributed by atoms with Crippen LogP contribution in [0.3, 0.4) is 0 Å². The zero-order valence-electron chi connectivity index (χ0n) is 17.1. The summed E-state index contributed by atoms with van der Waals surface area (Å²) in [5.41, 5.74) is 3.44. The summed E-state index contributed by atoms with van der Waals surface area (Å²) in [6.07, 6.45) is 8.24. The summed E-state index contributed by atoms with van der Waals surface area (Å²) in [7, 11) is 0. The van der Waals surface area contributed by atoms with Crippen LogP contribution in [0.1, 0.15) is 45.2 Å². The molecule has 2 aliphatic heterocycles. The molecule has 0 aromatic carbocycles. The van der Waals surface area contributed by atoms with E-state index >= 15 is 0 Å². The number of aryl methyl sites for hydroxylation is 1. The van der Waals surface area contributed by atoms with Crippen molar-refractivity contribution in [2.45, 2.75) is 56.9 Å². The zero-order valence-corrected chi connectivity index (χ0v) is 17.9. The molecule has 2 aromatic rings. The van der Waals surface area contributed by atoms with Crippen LogP contribution < -0.4 is 9.62 Å². The van der Waals surface area contributed by atoms with Gasteiger partial charge in [0.2, 0.25) is 0 Å². The number of anilines is 1. The van der Waals surface area contributed by atoms with Gasteiger partial charge in [-0.3, -0.25) is 4.72 Å². The minimum Gasteiger partial charge on any atom is -0.380 e. The number of nitrogens with zero attached hydrogens (tertiary/aromatic N) is 3. The second-order valence-electron chi connectivity index (χ2n) is 8.25. The van der Waals surface area contributed by atoms with Gasteiger partial charge < -0.3 is 14.0 Å². The number of pyridine rings is 1. The molecule has 0 amide bonds. The maximum absolute atomic E-state index is 13.2. The van der Waals surface area contributed by atoms with Gasteiger partial charge >= 0.3 is 0 Å². The lowest BCUT2D eigenvalue weighted by atomic mass is 9.77. The van der Waals surface area contributed by atoms with Gasteiger partial charge in [-0.05, 0) is 50.6 Å². The molecule has 0 atom stereocenters. The van der Waals surface area contributed by atoms with Crippen LogP contribution in [0, 0.1) is 12.3 Å². The number of fused-ring (bicyclic) bond motifs is 1. The third kappa shape index (κ3) is 3.64. The second-order valence-corrected chi connectivity index (χ2v) is 9.13. The van der Waals surface area contributed by atoms with E-state index in [-0.39, 0.29) is 12.2 Å². The molecule has 4 heterocycles. The molecule has 5 nitrogen and oxygen atoms in total. The highest BCUT2D eigenvalue weighted by molar-refractivity contribution is 7.97. The lowest BCUT2D eigenvalue weighted by Crippen LogP contribution is -2.51. The highest BCUT2D eigenvalue weighted by Crippen LogP contribution is 2.42. The summed E-state index contributed by atoms with van der Waals surface area (Å²) in [4.78, 5) is 8.22. The summed E-state index contributed by atoms with van der Waals surface area (Å²) in [5.74, 6) is 0. The summed E-state index contributed by atoms with van der Waals surface area (Å²) in [6, 6.07) is 2.21. The Morgan fingerprint density at radius 2 is 1.93 bits per heavy atom. The molecule has 0 unspecified atom stereocenters. The number of hydrogen-bond donors (Lipinski definition) is 1. The molecule has 0 radical (unpaired) electrons. The number of hydrogen-bond acceptors (Lipinski definition) is 5. The third-order valence-electron chi connectivity index (χ3n) is 6.22. The average Bonchev–Trinajstić information content (AvgIpc) is 3.42. The van der Waals surface area contributed by atoms with Crippen molar-refractivity contribution in [3.8, 4) is 0 Å². The van der Waals surface area contributed by atoms with Crippen LogP contribution in [0.15, 0.2) is 23.4 Å². The minimum atomic E-state index is -0.300. The molecule has 2 aromatic heterocycles. The fraction of sp³-hybridized carbons (Fsp3) is 0.667. The van der Waals surface area contributed by atoms with Crippen molar-refractivity contribution >= 4 is 23.3 Å². The van der Waals surface area contributed by atoms with Crippen molar-refractivity contribution in [3.05, 3.63) is 24.2 Å². The Hall–Kier alpha value is -1.31. The lowest BCUT2D eigenvalue weighted by Gasteiger charge is -2.47. The Balaban J connectivity index is 0.000000932. The predicted octanol–water partition coefficient (Wildman–Crippen LogP) is 4.38. The number of nitrogens with one attached hydrogen (secondary N) is 1. The van der Waals surface area contributed by atoms with Crippen LogP contribution in [-0.2, 0) is 4.74 Å². The second kappa shape index (κ2) is 7.84. The summed E-state index contributed by atoms with van der Waals surface area (Å²) in [6.45, 7) is 9.71. The van der Waals surface area contributed by atoms with Gasteiger partial charge in [-0.25, -0.2) is 9.37 Å². The highest BCUT2D eigenvalue weighted by atomic mass is 32.2. The summed E-state index contributed by atoms with van der Waals surface area (Å²) < 4.78 is 24.1. The molecule has 28 heavy (non-hydrogen) atoms. The molecular weight excluding hydrogens is 375 g/mol. The van der Waals surface area contributed by atoms with Crippen molar-refractivity contribution in [1.29, 1.82) is 0 Å². The van der Waals surface area contributed by atoms with E-state index in [1.807, 2.05) is 20.0 Å². The van der Waals surface area contributed by atoms with E-state index in [4.69, 9.17) is 4.74 Å². The van der Waals surface area contributed by atoms with E-state index in [0.717, 1.165) is 55.4 Å². The van der Waals surface area contributed by atoms with Gasteiger partial charge in [-0.2, -0.15) is 0 Å². The van der Waals surface area contributed by atoms with Gasteiger partial charge in [0.05, 0.1) is 24.4 Å². The number of imidazole rings is 1. The standard InChI is InChI=1S/C19H25FN4OS.C2H6/c1-14-9-21-17-16(23-6-4-18(5-7-23)12-25-13-18)8-15(10-24(14)17)26-22-19(11-20)2-3-19;1-2/h8-10,22H,2-7,11-13H2,1H3;1-2H3. The van der Waals surface area contributed by atoms with Crippen molar-refractivity contribution in [1.82, 2.24) is 14.1 Å². The molecular formula is C21H31FN4OS. The molecule has 154 valence electrons. The monoisotopic (exact) mass is 406 g/mol. The topological polar surface area (TPSA) is 41.8 Å². The minimum absolute atomic E-state index is 0.296. The normalized spacial score (nSPS) is 21.9. The summed E-state index contributed by atoms with van der Waals surface area (Å²) in [5, 5.41) is 0. The molecule has 3 aliphatic rings. The van der Waals surface area contributed by atoms with Gasteiger partial charge in [-0.1, -0.05) is 13.8 Å². The van der Waals surface area contributed by atoms with E-state index in [9.17, 15) is 4.39 Å². The highest BCUT2D eigenvalue weighted by Gasteiger charge is 2.43. The van der Waals surface area contributed by atoms with E-state index in [2.05, 4.69) is 38.2 Å². The Morgan fingerprint density at radius 1 is 1.21 bits per heavy atom. The van der Waals surface area contributed by atoms with Crippen LogP contribution in [0.2, 0.25) is 0 Å². The molecule has 1 saturated carbocycles. The van der Waals surface area contributed by atoms with Gasteiger partial charge in [-0.15, -0.1) is 0 Å². The van der Waals surface area contributed by atoms with Crippen LogP contribution in [0.4, 0.5) is 10.1 Å². The molecule has 0 bridgehead atoms. The van der Waals surface area contributed by atoms with Crippen LogP contribution >= 0.6 is 11.9 Å². The first kappa shape index (κ1) is 20.0. The van der Waals surface area contributed by atoms with Crippen LogP contribution in [-0.4, -0.2) is 47.9 Å². The van der Waals surface area contributed by atoms with E-state index in [1.54, 1.807) is 11.9 Å². The summed E-state index contributed by atoms with van der Waals surface area (Å²) >= 11 is 1.55.